The zero-order valence-corrected chi connectivity index (χ0v) is 13.7. The first kappa shape index (κ1) is 17.3. The highest BCUT2D eigenvalue weighted by Crippen LogP contribution is 2.23. The molecular formula is C14H32N2S. The summed E-state index contributed by atoms with van der Waals surface area (Å²) in [5.74, 6) is 1.21. The van der Waals surface area contributed by atoms with Gasteiger partial charge in [0.2, 0.25) is 0 Å². The summed E-state index contributed by atoms with van der Waals surface area (Å²) in [5, 5.41) is 3.62. The van der Waals surface area contributed by atoms with Crippen molar-refractivity contribution in [2.45, 2.75) is 53.1 Å². The van der Waals surface area contributed by atoms with Crippen LogP contribution in [0.4, 0.5) is 0 Å². The van der Waals surface area contributed by atoms with E-state index < -0.39 is 0 Å². The standard InChI is InChI=1S/C14H32N2S/c1-8-9-15-13(3)14(4,5)11-16(6)12(2)10-17-7/h12-13,15H,8-11H2,1-7H3. The van der Waals surface area contributed by atoms with Crippen molar-refractivity contribution in [2.75, 3.05) is 32.1 Å². The molecule has 2 atom stereocenters. The summed E-state index contributed by atoms with van der Waals surface area (Å²) in [5.41, 5.74) is 0.316. The van der Waals surface area contributed by atoms with Crippen LogP contribution in [0.2, 0.25) is 0 Å². The zero-order chi connectivity index (χ0) is 13.5. The number of thioether (sulfide) groups is 1. The number of rotatable bonds is 9. The first-order valence-electron chi connectivity index (χ1n) is 6.77. The maximum atomic E-state index is 3.62. The molecule has 3 heteroatoms. The second-order valence-electron chi connectivity index (χ2n) is 5.88. The Morgan fingerprint density at radius 3 is 2.35 bits per heavy atom. The van der Waals surface area contributed by atoms with E-state index in [1.807, 2.05) is 11.8 Å². The van der Waals surface area contributed by atoms with Crippen molar-refractivity contribution in [3.05, 3.63) is 0 Å². The molecule has 0 saturated carbocycles. The average Bonchev–Trinajstić information content (AvgIpc) is 2.25. The molecule has 0 radical (unpaired) electrons. The molecule has 0 bridgehead atoms. The van der Waals surface area contributed by atoms with Gasteiger partial charge in [0.05, 0.1) is 0 Å². The van der Waals surface area contributed by atoms with E-state index in [0.717, 1.165) is 13.1 Å². The van der Waals surface area contributed by atoms with Gasteiger partial charge in [-0.1, -0.05) is 20.8 Å². The predicted molar refractivity (Wildman–Crippen MR) is 82.0 cm³/mol. The highest BCUT2D eigenvalue weighted by Gasteiger charge is 2.28. The van der Waals surface area contributed by atoms with E-state index in [1.54, 1.807) is 0 Å². The fourth-order valence-corrected chi connectivity index (χ4v) is 2.68. The van der Waals surface area contributed by atoms with Crippen molar-refractivity contribution in [1.82, 2.24) is 10.2 Å². The molecule has 0 aromatic rings. The largest absolute Gasteiger partial charge is 0.314 e. The third kappa shape index (κ3) is 6.68. The van der Waals surface area contributed by atoms with E-state index in [4.69, 9.17) is 0 Å². The van der Waals surface area contributed by atoms with Crippen LogP contribution in [0.1, 0.15) is 41.0 Å². The molecule has 0 aromatic heterocycles. The molecule has 2 nitrogen and oxygen atoms in total. The Balaban J connectivity index is 4.21. The maximum absolute atomic E-state index is 3.62. The van der Waals surface area contributed by atoms with Crippen LogP contribution in [0.15, 0.2) is 0 Å². The van der Waals surface area contributed by atoms with Crippen LogP contribution in [0.25, 0.3) is 0 Å². The van der Waals surface area contributed by atoms with Crippen LogP contribution in [0, 0.1) is 5.41 Å². The summed E-state index contributed by atoms with van der Waals surface area (Å²) < 4.78 is 0. The fourth-order valence-electron chi connectivity index (χ4n) is 1.94. The normalized spacial score (nSPS) is 16.2. The Kier molecular flexibility index (Phi) is 8.52. The Morgan fingerprint density at radius 1 is 1.29 bits per heavy atom. The summed E-state index contributed by atoms with van der Waals surface area (Å²) in [6, 6.07) is 1.22. The smallest absolute Gasteiger partial charge is 0.0155 e. The van der Waals surface area contributed by atoms with Crippen LogP contribution in [-0.4, -0.2) is 49.1 Å². The molecule has 0 rings (SSSR count). The van der Waals surface area contributed by atoms with Crippen molar-refractivity contribution in [2.24, 2.45) is 5.41 Å². The lowest BCUT2D eigenvalue weighted by atomic mass is 9.84. The SMILES string of the molecule is CCCNC(C)C(C)(C)CN(C)C(C)CSC. The summed E-state index contributed by atoms with van der Waals surface area (Å²) in [4.78, 5) is 2.49. The molecule has 0 aliphatic heterocycles. The minimum atomic E-state index is 0.316. The molecule has 0 aromatic carbocycles. The summed E-state index contributed by atoms with van der Waals surface area (Å²) in [6.07, 6.45) is 3.39. The van der Waals surface area contributed by atoms with Crippen molar-refractivity contribution in [1.29, 1.82) is 0 Å². The van der Waals surface area contributed by atoms with Gasteiger partial charge in [-0.2, -0.15) is 11.8 Å². The second kappa shape index (κ2) is 8.39. The van der Waals surface area contributed by atoms with Gasteiger partial charge in [0, 0.05) is 24.4 Å². The van der Waals surface area contributed by atoms with Crippen LogP contribution >= 0.6 is 11.8 Å². The number of nitrogens with one attached hydrogen (secondary N) is 1. The van der Waals surface area contributed by atoms with Gasteiger partial charge in [0.1, 0.15) is 0 Å². The molecule has 0 spiro atoms. The van der Waals surface area contributed by atoms with Gasteiger partial charge in [0.25, 0.3) is 0 Å². The monoisotopic (exact) mass is 260 g/mol. The number of nitrogens with zero attached hydrogens (tertiary/aromatic N) is 1. The Bertz CT molecular complexity index is 195. The average molecular weight is 260 g/mol. The molecule has 0 heterocycles. The summed E-state index contributed by atoms with van der Waals surface area (Å²) >= 11 is 1.93. The number of hydrogen-bond donors (Lipinski definition) is 1. The first-order valence-corrected chi connectivity index (χ1v) is 8.17. The molecule has 0 aliphatic carbocycles. The minimum absolute atomic E-state index is 0.316. The van der Waals surface area contributed by atoms with E-state index >= 15 is 0 Å². The van der Waals surface area contributed by atoms with Gasteiger partial charge in [0.15, 0.2) is 0 Å². The highest BCUT2D eigenvalue weighted by atomic mass is 32.2. The second-order valence-corrected chi connectivity index (χ2v) is 6.79. The van der Waals surface area contributed by atoms with Crippen LogP contribution in [0.5, 0.6) is 0 Å². The number of hydrogen-bond acceptors (Lipinski definition) is 3. The van der Waals surface area contributed by atoms with E-state index in [9.17, 15) is 0 Å². The molecule has 0 aliphatic rings. The Labute approximate surface area is 113 Å². The molecule has 0 amide bonds. The Hall–Kier alpha value is 0.270. The molecule has 0 saturated heterocycles. The molecule has 17 heavy (non-hydrogen) atoms. The van der Waals surface area contributed by atoms with Gasteiger partial charge in [-0.25, -0.2) is 0 Å². The highest BCUT2D eigenvalue weighted by molar-refractivity contribution is 7.98. The van der Waals surface area contributed by atoms with Crippen molar-refractivity contribution >= 4 is 11.8 Å². The summed E-state index contributed by atoms with van der Waals surface area (Å²) in [7, 11) is 2.25. The third-order valence-electron chi connectivity index (χ3n) is 3.69. The van der Waals surface area contributed by atoms with E-state index in [0.29, 0.717) is 17.5 Å². The van der Waals surface area contributed by atoms with Gasteiger partial charge in [-0.15, -0.1) is 0 Å². The quantitative estimate of drug-likeness (QED) is 0.686. The third-order valence-corrected chi connectivity index (χ3v) is 4.51. The molecular weight excluding hydrogens is 228 g/mol. The van der Waals surface area contributed by atoms with Gasteiger partial charge >= 0.3 is 0 Å². The van der Waals surface area contributed by atoms with E-state index in [-0.39, 0.29) is 0 Å². The van der Waals surface area contributed by atoms with E-state index in [2.05, 4.69) is 58.1 Å². The van der Waals surface area contributed by atoms with Crippen LogP contribution in [-0.2, 0) is 0 Å². The van der Waals surface area contributed by atoms with Crippen LogP contribution in [0.3, 0.4) is 0 Å². The molecule has 2 unspecified atom stereocenters. The van der Waals surface area contributed by atoms with Gasteiger partial charge < -0.3 is 10.2 Å². The maximum Gasteiger partial charge on any atom is 0.0155 e. The lowest BCUT2D eigenvalue weighted by Crippen LogP contribution is -2.48. The predicted octanol–water partition coefficient (Wildman–Crippen LogP) is 3.08. The minimum Gasteiger partial charge on any atom is -0.314 e. The van der Waals surface area contributed by atoms with E-state index in [1.165, 1.54) is 12.2 Å². The zero-order valence-electron chi connectivity index (χ0n) is 12.8. The van der Waals surface area contributed by atoms with Crippen molar-refractivity contribution < 1.29 is 0 Å². The van der Waals surface area contributed by atoms with Crippen molar-refractivity contribution in [3.8, 4) is 0 Å². The fraction of sp³-hybridized carbons (Fsp3) is 1.00. The molecule has 0 fully saturated rings. The van der Waals surface area contributed by atoms with Gasteiger partial charge in [-0.3, -0.25) is 0 Å². The van der Waals surface area contributed by atoms with Crippen molar-refractivity contribution in [3.63, 3.8) is 0 Å². The molecule has 1 N–H and O–H groups in total. The lowest BCUT2D eigenvalue weighted by molar-refractivity contribution is 0.143. The first-order chi connectivity index (χ1) is 7.85. The Morgan fingerprint density at radius 2 is 1.88 bits per heavy atom. The topological polar surface area (TPSA) is 15.3 Å². The van der Waals surface area contributed by atoms with Gasteiger partial charge in [-0.05, 0) is 45.5 Å². The summed E-state index contributed by atoms with van der Waals surface area (Å²) in [6.45, 7) is 13.8. The van der Waals surface area contributed by atoms with Crippen LogP contribution < -0.4 is 5.32 Å². The lowest BCUT2D eigenvalue weighted by Gasteiger charge is -2.38. The molecule has 104 valence electrons.